The summed E-state index contributed by atoms with van der Waals surface area (Å²) in [7, 11) is 2.16. The number of aromatic nitrogens is 1. The lowest BCUT2D eigenvalue weighted by Gasteiger charge is -2.40. The third kappa shape index (κ3) is 4.01. The fourth-order valence-corrected chi connectivity index (χ4v) is 4.13. The summed E-state index contributed by atoms with van der Waals surface area (Å²) in [6.07, 6.45) is 3.29. The Labute approximate surface area is 147 Å². The molecule has 2 atom stereocenters. The van der Waals surface area contributed by atoms with Crippen LogP contribution in [0.5, 0.6) is 0 Å². The van der Waals surface area contributed by atoms with Crippen molar-refractivity contribution in [2.75, 3.05) is 33.2 Å². The summed E-state index contributed by atoms with van der Waals surface area (Å²) in [4.78, 5) is 22.7. The predicted octanol–water partition coefficient (Wildman–Crippen LogP) is 2.25. The SMILES string of the molecule is C[C@@H](NC(=O)c1cccnc1)[C@H](c1cccs1)N1CCN(C)CC1. The van der Waals surface area contributed by atoms with Crippen LogP contribution in [0.2, 0.25) is 0 Å². The highest BCUT2D eigenvalue weighted by Crippen LogP contribution is 2.29. The Bertz CT molecular complexity index is 638. The van der Waals surface area contributed by atoms with Crippen LogP contribution in [0.4, 0.5) is 0 Å². The number of likely N-dealkylation sites (N-methyl/N-ethyl adjacent to an activating group) is 1. The third-order valence-corrected chi connectivity index (χ3v) is 5.47. The van der Waals surface area contributed by atoms with Gasteiger partial charge in [0.25, 0.3) is 5.91 Å². The van der Waals surface area contributed by atoms with Crippen LogP contribution in [0.1, 0.15) is 28.2 Å². The van der Waals surface area contributed by atoms with E-state index in [-0.39, 0.29) is 18.0 Å². The topological polar surface area (TPSA) is 48.5 Å². The quantitative estimate of drug-likeness (QED) is 0.904. The number of thiophene rings is 1. The van der Waals surface area contributed by atoms with Gasteiger partial charge in [-0.05, 0) is 37.6 Å². The van der Waals surface area contributed by atoms with Crippen molar-refractivity contribution in [1.29, 1.82) is 0 Å². The normalized spacial score (nSPS) is 18.9. The first kappa shape index (κ1) is 17.1. The van der Waals surface area contributed by atoms with Crippen molar-refractivity contribution in [2.24, 2.45) is 0 Å². The van der Waals surface area contributed by atoms with Gasteiger partial charge in [-0.3, -0.25) is 14.7 Å². The summed E-state index contributed by atoms with van der Waals surface area (Å²) in [6, 6.07) is 8.07. The van der Waals surface area contributed by atoms with E-state index in [1.807, 2.05) is 0 Å². The van der Waals surface area contributed by atoms with Gasteiger partial charge in [0.05, 0.1) is 11.6 Å². The average Bonchev–Trinajstić information content (AvgIpc) is 3.11. The van der Waals surface area contributed by atoms with Crippen LogP contribution in [0.25, 0.3) is 0 Å². The first-order valence-corrected chi connectivity index (χ1v) is 9.20. The summed E-state index contributed by atoms with van der Waals surface area (Å²) >= 11 is 1.76. The zero-order valence-corrected chi connectivity index (χ0v) is 15.0. The molecule has 1 saturated heterocycles. The molecule has 128 valence electrons. The number of rotatable bonds is 5. The van der Waals surface area contributed by atoms with Crippen LogP contribution in [0.3, 0.4) is 0 Å². The van der Waals surface area contributed by atoms with E-state index in [9.17, 15) is 4.79 Å². The van der Waals surface area contributed by atoms with E-state index in [0.29, 0.717) is 5.56 Å². The van der Waals surface area contributed by atoms with Gasteiger partial charge < -0.3 is 10.2 Å². The van der Waals surface area contributed by atoms with E-state index >= 15 is 0 Å². The molecule has 2 aromatic rings. The average molecular weight is 344 g/mol. The minimum absolute atomic E-state index is 0.0276. The molecule has 0 unspecified atom stereocenters. The van der Waals surface area contributed by atoms with E-state index in [2.05, 4.69) is 51.6 Å². The lowest BCUT2D eigenvalue weighted by atomic mass is 10.0. The summed E-state index contributed by atoms with van der Waals surface area (Å²) in [5.41, 5.74) is 0.604. The van der Waals surface area contributed by atoms with Crippen LogP contribution >= 0.6 is 11.3 Å². The van der Waals surface area contributed by atoms with E-state index in [0.717, 1.165) is 26.2 Å². The molecule has 1 aliphatic rings. The van der Waals surface area contributed by atoms with Crippen LogP contribution in [0.15, 0.2) is 42.0 Å². The molecular weight excluding hydrogens is 320 g/mol. The molecule has 1 amide bonds. The first-order chi connectivity index (χ1) is 11.6. The van der Waals surface area contributed by atoms with Gasteiger partial charge in [0.2, 0.25) is 0 Å². The molecule has 0 saturated carbocycles. The highest BCUT2D eigenvalue weighted by molar-refractivity contribution is 7.10. The zero-order valence-electron chi connectivity index (χ0n) is 14.2. The monoisotopic (exact) mass is 344 g/mol. The number of carbonyl (C=O) groups is 1. The van der Waals surface area contributed by atoms with Gasteiger partial charge in [-0.2, -0.15) is 0 Å². The fourth-order valence-electron chi connectivity index (χ4n) is 3.17. The molecule has 24 heavy (non-hydrogen) atoms. The van der Waals surface area contributed by atoms with Gasteiger partial charge in [0, 0.05) is 49.5 Å². The Morgan fingerprint density at radius 3 is 2.67 bits per heavy atom. The summed E-state index contributed by atoms with van der Waals surface area (Å²) < 4.78 is 0. The van der Waals surface area contributed by atoms with Crippen molar-refractivity contribution in [2.45, 2.75) is 19.0 Å². The number of nitrogens with one attached hydrogen (secondary N) is 1. The summed E-state index contributed by atoms with van der Waals surface area (Å²) in [5.74, 6) is -0.0636. The van der Waals surface area contributed by atoms with E-state index in [4.69, 9.17) is 0 Å². The minimum Gasteiger partial charge on any atom is -0.348 e. The maximum atomic E-state index is 12.5. The van der Waals surface area contributed by atoms with Crippen molar-refractivity contribution in [3.8, 4) is 0 Å². The zero-order chi connectivity index (χ0) is 16.9. The highest BCUT2D eigenvalue weighted by Gasteiger charge is 2.30. The van der Waals surface area contributed by atoms with Crippen LogP contribution in [-0.4, -0.2) is 60.0 Å². The molecule has 0 spiro atoms. The van der Waals surface area contributed by atoms with Gasteiger partial charge in [0.1, 0.15) is 0 Å². The minimum atomic E-state index is -0.0636. The van der Waals surface area contributed by atoms with Crippen molar-refractivity contribution in [3.05, 3.63) is 52.5 Å². The number of piperazine rings is 1. The number of pyridine rings is 1. The molecule has 0 aromatic carbocycles. The number of nitrogens with zero attached hydrogens (tertiary/aromatic N) is 3. The predicted molar refractivity (Wildman–Crippen MR) is 97.3 cm³/mol. The molecule has 1 fully saturated rings. The second-order valence-electron chi connectivity index (χ2n) is 6.30. The Morgan fingerprint density at radius 1 is 1.25 bits per heavy atom. The van der Waals surface area contributed by atoms with Gasteiger partial charge in [-0.1, -0.05) is 6.07 Å². The lowest BCUT2D eigenvalue weighted by molar-refractivity contribution is 0.0799. The third-order valence-electron chi connectivity index (χ3n) is 4.52. The molecule has 1 aliphatic heterocycles. The van der Waals surface area contributed by atoms with E-state index in [1.54, 1.807) is 35.9 Å². The molecule has 1 N–H and O–H groups in total. The number of hydrogen-bond acceptors (Lipinski definition) is 5. The second-order valence-corrected chi connectivity index (χ2v) is 7.28. The maximum Gasteiger partial charge on any atom is 0.253 e. The largest absolute Gasteiger partial charge is 0.348 e. The first-order valence-electron chi connectivity index (χ1n) is 8.32. The molecule has 6 heteroatoms. The number of hydrogen-bond donors (Lipinski definition) is 1. The fraction of sp³-hybridized carbons (Fsp3) is 0.444. The molecule has 0 radical (unpaired) electrons. The number of carbonyl (C=O) groups excluding carboxylic acids is 1. The standard InChI is InChI=1S/C18H24N4OS/c1-14(20-18(23)15-5-3-7-19-13-15)17(16-6-4-12-24-16)22-10-8-21(2)9-11-22/h3-7,12-14,17H,8-11H2,1-2H3,(H,20,23)/t14-,17-/m1/s1. The highest BCUT2D eigenvalue weighted by atomic mass is 32.1. The van der Waals surface area contributed by atoms with Crippen molar-refractivity contribution in [3.63, 3.8) is 0 Å². The van der Waals surface area contributed by atoms with Gasteiger partial charge in [-0.15, -0.1) is 11.3 Å². The van der Waals surface area contributed by atoms with Gasteiger partial charge >= 0.3 is 0 Å². The number of amides is 1. The van der Waals surface area contributed by atoms with Gasteiger partial charge in [-0.25, -0.2) is 0 Å². The Hall–Kier alpha value is -1.76. The second kappa shape index (κ2) is 7.88. The molecular formula is C18H24N4OS. The smallest absolute Gasteiger partial charge is 0.253 e. The summed E-state index contributed by atoms with van der Waals surface area (Å²) in [6.45, 7) is 6.26. The van der Waals surface area contributed by atoms with Crippen LogP contribution < -0.4 is 5.32 Å². The van der Waals surface area contributed by atoms with E-state index < -0.39 is 0 Å². The summed E-state index contributed by atoms with van der Waals surface area (Å²) in [5, 5.41) is 5.27. The molecule has 5 nitrogen and oxygen atoms in total. The maximum absolute atomic E-state index is 12.5. The van der Waals surface area contributed by atoms with E-state index in [1.165, 1.54) is 4.88 Å². The molecule has 3 heterocycles. The molecule has 0 aliphatic carbocycles. The molecule has 0 bridgehead atoms. The molecule has 3 rings (SSSR count). The Balaban J connectivity index is 1.74. The van der Waals surface area contributed by atoms with Gasteiger partial charge in [0.15, 0.2) is 0 Å². The Morgan fingerprint density at radius 2 is 2.04 bits per heavy atom. The molecule has 2 aromatic heterocycles. The van der Waals surface area contributed by atoms with Crippen molar-refractivity contribution < 1.29 is 4.79 Å². The lowest BCUT2D eigenvalue weighted by Crippen LogP contribution is -2.51. The van der Waals surface area contributed by atoms with Crippen LogP contribution in [-0.2, 0) is 0 Å². The van der Waals surface area contributed by atoms with Crippen molar-refractivity contribution >= 4 is 17.2 Å². The van der Waals surface area contributed by atoms with Crippen molar-refractivity contribution in [1.82, 2.24) is 20.1 Å². The van der Waals surface area contributed by atoms with Crippen LogP contribution in [0, 0.1) is 0 Å². The Kier molecular flexibility index (Phi) is 5.60.